The van der Waals surface area contributed by atoms with E-state index in [9.17, 15) is 43.2 Å². The molecule has 5 atom stereocenters. The van der Waals surface area contributed by atoms with E-state index in [-0.39, 0.29) is 25.7 Å². The number of ether oxygens (including phenoxy) is 4. The van der Waals surface area contributed by atoms with E-state index in [1.54, 1.807) is 0 Å². The van der Waals surface area contributed by atoms with Gasteiger partial charge in [-0.3, -0.25) is 37.3 Å². The Morgan fingerprint density at radius 2 is 0.520 bits per heavy atom. The van der Waals surface area contributed by atoms with Gasteiger partial charge in [-0.25, -0.2) is 9.13 Å². The van der Waals surface area contributed by atoms with Gasteiger partial charge in [0.2, 0.25) is 0 Å². The first kappa shape index (κ1) is 96.0. The molecule has 3 N–H and O–H groups in total. The van der Waals surface area contributed by atoms with Crippen LogP contribution in [0, 0.1) is 0 Å². The maximum atomic E-state index is 13.1. The van der Waals surface area contributed by atoms with Crippen molar-refractivity contribution in [1.29, 1.82) is 0 Å². The number of allylic oxidation sites excluding steroid dienone is 16. The average molecular weight is 1450 g/mol. The molecule has 0 aromatic rings. The highest BCUT2D eigenvalue weighted by Crippen LogP contribution is 2.45. The highest BCUT2D eigenvalue weighted by molar-refractivity contribution is 7.47. The summed E-state index contributed by atoms with van der Waals surface area (Å²) in [6.07, 6.45) is 76.7. The fraction of sp³-hybridized carbons (Fsp3) is 0.753. The molecule has 0 aromatic carbocycles. The number of phosphoric ester groups is 2. The number of carbonyl (C=O) groups is 4. The second-order valence-corrected chi connectivity index (χ2v) is 29.2. The molecule has 0 spiro atoms. The monoisotopic (exact) mass is 1450 g/mol. The zero-order valence-electron chi connectivity index (χ0n) is 63.1. The molecule has 0 saturated carbocycles. The number of aliphatic hydroxyl groups is 1. The van der Waals surface area contributed by atoms with Gasteiger partial charge in [-0.1, -0.05) is 260 Å². The van der Waals surface area contributed by atoms with Crippen molar-refractivity contribution in [2.45, 2.75) is 354 Å². The lowest BCUT2D eigenvalue weighted by molar-refractivity contribution is -0.161. The van der Waals surface area contributed by atoms with Crippen LogP contribution in [-0.2, 0) is 65.4 Å². The lowest BCUT2D eigenvalue weighted by atomic mass is 10.1. The Labute approximate surface area is 607 Å². The van der Waals surface area contributed by atoms with Gasteiger partial charge in [0.1, 0.15) is 19.3 Å². The summed E-state index contributed by atoms with van der Waals surface area (Å²) >= 11 is 0. The number of hydrogen-bond donors (Lipinski definition) is 3. The smallest absolute Gasteiger partial charge is 0.462 e. The summed E-state index contributed by atoms with van der Waals surface area (Å²) in [4.78, 5) is 72.9. The van der Waals surface area contributed by atoms with Crippen LogP contribution in [0.2, 0.25) is 0 Å². The molecule has 0 aliphatic heterocycles. The van der Waals surface area contributed by atoms with Crippen molar-refractivity contribution < 1.29 is 80.2 Å². The minimum absolute atomic E-state index is 0.0771. The van der Waals surface area contributed by atoms with Crippen molar-refractivity contribution in [3.63, 3.8) is 0 Å². The number of esters is 4. The fourth-order valence-electron chi connectivity index (χ4n) is 10.5. The molecular weight excluding hydrogens is 1310 g/mol. The first-order valence-corrected chi connectivity index (χ1v) is 42.5. The summed E-state index contributed by atoms with van der Waals surface area (Å²) in [5.74, 6) is -2.22. The Morgan fingerprint density at radius 3 is 0.820 bits per heavy atom. The largest absolute Gasteiger partial charge is 0.472 e. The minimum Gasteiger partial charge on any atom is -0.462 e. The van der Waals surface area contributed by atoms with Crippen LogP contribution in [0.1, 0.15) is 336 Å². The molecule has 0 amide bonds. The zero-order chi connectivity index (χ0) is 73.2. The minimum atomic E-state index is -4.98. The van der Waals surface area contributed by atoms with Crippen molar-refractivity contribution in [2.24, 2.45) is 0 Å². The molecule has 0 rings (SSSR count). The summed E-state index contributed by atoms with van der Waals surface area (Å²) in [6, 6.07) is 0. The molecule has 0 aromatic heterocycles. The maximum Gasteiger partial charge on any atom is 0.472 e. The van der Waals surface area contributed by atoms with Gasteiger partial charge in [-0.15, -0.1) is 0 Å². The molecule has 0 radical (unpaired) electrons. The third-order valence-corrected chi connectivity index (χ3v) is 18.4. The summed E-state index contributed by atoms with van der Waals surface area (Å²) in [7, 11) is -9.96. The average Bonchev–Trinajstić information content (AvgIpc) is 0.924. The highest BCUT2D eigenvalue weighted by Gasteiger charge is 2.30. The van der Waals surface area contributed by atoms with Crippen molar-refractivity contribution in [1.82, 2.24) is 0 Å². The van der Waals surface area contributed by atoms with E-state index in [1.807, 2.05) is 0 Å². The van der Waals surface area contributed by atoms with Crippen LogP contribution in [0.3, 0.4) is 0 Å². The topological polar surface area (TPSA) is 237 Å². The Bertz CT molecular complexity index is 2270. The normalized spacial score (nSPS) is 14.4. The number of hydrogen-bond acceptors (Lipinski definition) is 15. The van der Waals surface area contributed by atoms with Gasteiger partial charge in [-0.2, -0.15) is 0 Å². The summed E-state index contributed by atoms with van der Waals surface area (Å²) < 4.78 is 68.5. The van der Waals surface area contributed by atoms with Gasteiger partial charge >= 0.3 is 39.5 Å². The zero-order valence-corrected chi connectivity index (χ0v) is 64.9. The standard InChI is InChI=1S/C81H142O17P2/c1-5-9-13-17-21-25-29-33-35-36-37-38-40-43-46-50-54-58-62-66-79(84)92-72-76(97-80(85)67-63-59-55-51-47-42-32-28-24-20-16-12-8-4)73-95-99(87,88)93-69-75(82)70-94-100(89,90)96-74-77(71-91-78(83)65-61-57-53-49-45-41-31-27-23-19-15-11-7-3)98-81(86)68-64-60-56-52-48-44-39-34-30-26-22-18-14-10-6-2/h9,13,21,25-28,30-33,35,37-38,43,46,75-77,82H,5-8,10-12,14-20,22-24,29,34,36,39-42,44-45,47-74H2,1-4H3,(H,87,88)(H,89,90)/b13-9-,25-21-,30-26-,31-27-,32-28-,35-33-,38-37-,46-43-/t75-,76-,77-/m1/s1. The van der Waals surface area contributed by atoms with Crippen LogP contribution < -0.4 is 0 Å². The van der Waals surface area contributed by atoms with Crippen molar-refractivity contribution >= 4 is 39.5 Å². The molecule has 0 aliphatic carbocycles. The van der Waals surface area contributed by atoms with Gasteiger partial charge in [0.25, 0.3) is 0 Å². The molecule has 17 nitrogen and oxygen atoms in total. The predicted octanol–water partition coefficient (Wildman–Crippen LogP) is 22.8. The van der Waals surface area contributed by atoms with E-state index < -0.39 is 97.5 Å². The molecule has 0 aliphatic rings. The molecule has 0 fully saturated rings. The fourth-order valence-corrected chi connectivity index (χ4v) is 12.0. The Balaban J connectivity index is 5.36. The summed E-state index contributed by atoms with van der Waals surface area (Å²) in [5, 5.41) is 10.6. The Morgan fingerprint density at radius 1 is 0.290 bits per heavy atom. The lowest BCUT2D eigenvalue weighted by Gasteiger charge is -2.21. The van der Waals surface area contributed by atoms with Gasteiger partial charge in [0.05, 0.1) is 26.4 Å². The molecule has 19 heteroatoms. The van der Waals surface area contributed by atoms with E-state index in [1.165, 1.54) is 77.0 Å². The third kappa shape index (κ3) is 72.3. The number of aliphatic hydroxyl groups excluding tert-OH is 1. The van der Waals surface area contributed by atoms with E-state index in [2.05, 4.69) is 125 Å². The van der Waals surface area contributed by atoms with Gasteiger partial charge in [0, 0.05) is 25.7 Å². The van der Waals surface area contributed by atoms with Crippen LogP contribution in [0.15, 0.2) is 97.2 Å². The first-order chi connectivity index (χ1) is 48.7. The number of phosphoric acid groups is 2. The number of unbranched alkanes of at least 4 members (excludes halogenated alkanes) is 32. The van der Waals surface area contributed by atoms with E-state index in [0.717, 1.165) is 180 Å². The number of rotatable bonds is 74. The van der Waals surface area contributed by atoms with Crippen molar-refractivity contribution in [2.75, 3.05) is 39.6 Å². The van der Waals surface area contributed by atoms with Gasteiger partial charge < -0.3 is 33.8 Å². The highest BCUT2D eigenvalue weighted by atomic mass is 31.2. The summed E-state index contributed by atoms with van der Waals surface area (Å²) in [6.45, 7) is 4.69. The van der Waals surface area contributed by atoms with E-state index in [0.29, 0.717) is 25.7 Å². The maximum absolute atomic E-state index is 13.1. The molecule has 100 heavy (non-hydrogen) atoms. The quantitative estimate of drug-likeness (QED) is 0.0169. The molecule has 0 bridgehead atoms. The van der Waals surface area contributed by atoms with Crippen LogP contribution >= 0.6 is 15.6 Å². The van der Waals surface area contributed by atoms with E-state index >= 15 is 0 Å². The first-order valence-electron chi connectivity index (χ1n) is 39.5. The second kappa shape index (κ2) is 73.3. The Hall–Kier alpha value is -4.02. The van der Waals surface area contributed by atoms with Crippen LogP contribution in [0.25, 0.3) is 0 Å². The lowest BCUT2D eigenvalue weighted by Crippen LogP contribution is -2.30. The molecule has 2 unspecified atom stereocenters. The molecular formula is C81H142O17P2. The van der Waals surface area contributed by atoms with Crippen molar-refractivity contribution in [3.8, 4) is 0 Å². The van der Waals surface area contributed by atoms with Gasteiger partial charge in [-0.05, 0) is 148 Å². The van der Waals surface area contributed by atoms with Crippen LogP contribution in [-0.4, -0.2) is 96.7 Å². The second-order valence-electron chi connectivity index (χ2n) is 26.3. The van der Waals surface area contributed by atoms with Crippen molar-refractivity contribution in [3.05, 3.63) is 97.2 Å². The van der Waals surface area contributed by atoms with E-state index in [4.69, 9.17) is 37.0 Å². The third-order valence-electron chi connectivity index (χ3n) is 16.5. The Kier molecular flexibility index (Phi) is 70.4. The predicted molar refractivity (Wildman–Crippen MR) is 409 cm³/mol. The molecule has 0 heterocycles. The number of carbonyl (C=O) groups excluding carboxylic acids is 4. The molecule has 578 valence electrons. The summed E-state index contributed by atoms with van der Waals surface area (Å²) in [5.41, 5.74) is 0. The molecule has 0 saturated heterocycles. The van der Waals surface area contributed by atoms with Gasteiger partial charge in [0.15, 0.2) is 12.2 Å². The van der Waals surface area contributed by atoms with Crippen LogP contribution in [0.4, 0.5) is 0 Å². The van der Waals surface area contributed by atoms with Crippen LogP contribution in [0.5, 0.6) is 0 Å². The SMILES string of the molecule is CC/C=C\C/C=C\C/C=C\C/C=C\C/C=C\CCCCCC(=O)OC[C@H](COP(=O)(O)OC[C@@H](O)COP(=O)(O)OC[C@@H](COC(=O)CCCCCCC/C=C\CCCCCC)OC(=O)CCCCCCCCC/C=C\CCCCCC)OC(=O)CCCCCCC/C=C\CCCCCC.